The third-order valence-electron chi connectivity index (χ3n) is 12.2. The largest absolute Gasteiger partial charge is 0.445 e. The number of nitrogens with zero attached hydrogens (tertiary/aromatic N) is 7. The lowest BCUT2D eigenvalue weighted by Gasteiger charge is -2.27. The van der Waals surface area contributed by atoms with Crippen LogP contribution in [0.4, 0.5) is 25.1 Å². The fourth-order valence-corrected chi connectivity index (χ4v) is 11.0. The summed E-state index contributed by atoms with van der Waals surface area (Å²) < 4.78 is 87.2. The molecule has 1 aromatic carbocycles. The molecule has 5 aromatic rings. The third-order valence-corrected chi connectivity index (χ3v) is 15.4. The van der Waals surface area contributed by atoms with E-state index in [1.165, 1.54) is 18.9 Å². The van der Waals surface area contributed by atoms with Crippen molar-refractivity contribution in [1.29, 1.82) is 0 Å². The lowest BCUT2D eigenvalue weighted by molar-refractivity contribution is -0.127. The summed E-state index contributed by atoms with van der Waals surface area (Å²) in [6.45, 7) is -5.35. The molecule has 75 heavy (non-hydrogen) atoms. The summed E-state index contributed by atoms with van der Waals surface area (Å²) in [7, 11) is 1.49. The van der Waals surface area contributed by atoms with Gasteiger partial charge in [0, 0.05) is 31.9 Å². The van der Waals surface area contributed by atoms with Crippen LogP contribution in [0.5, 0.6) is 0 Å². The van der Waals surface area contributed by atoms with Gasteiger partial charge in [-0.2, -0.15) is 0 Å². The van der Waals surface area contributed by atoms with Gasteiger partial charge in [-0.3, -0.25) is 37.3 Å². The molecule has 3 aliphatic heterocycles. The number of carbonyl (C=O) groups is 4. The predicted octanol–water partition coefficient (Wildman–Crippen LogP) is 2.68. The summed E-state index contributed by atoms with van der Waals surface area (Å²) in [4.78, 5) is 94.5. The number of hydrogen-bond acceptors (Lipinski definition) is 20. The summed E-state index contributed by atoms with van der Waals surface area (Å²) in [5.41, 5.74) is 5.89. The fourth-order valence-electron chi connectivity index (χ4n) is 8.08. The second-order valence-electron chi connectivity index (χ2n) is 17.9. The number of nitrogens with two attached hydrogens (primary N) is 1. The molecule has 4 aromatic heterocycles. The van der Waals surface area contributed by atoms with Crippen LogP contribution in [-0.4, -0.2) is 148 Å². The molecule has 27 nitrogen and oxygen atoms in total. The molecular weight excluding hydrogens is 1080 g/mol. The number of rotatable bonds is 14. The highest BCUT2D eigenvalue weighted by atomic mass is 32.7. The molecule has 8 rings (SSSR count). The van der Waals surface area contributed by atoms with Gasteiger partial charge < -0.3 is 64.9 Å². The molecular formula is C42H52F2N12O15P2S2. The molecule has 3 aliphatic rings. The number of nitrogens with one attached hydrogen (secondary N) is 4. The Kier molecular flexibility index (Phi) is 17.2. The summed E-state index contributed by atoms with van der Waals surface area (Å²) in [6, 6.07) is 4.95. The maximum Gasteiger partial charge on any atom is 0.409 e. The van der Waals surface area contributed by atoms with Crippen molar-refractivity contribution in [2.75, 3.05) is 37.4 Å². The summed E-state index contributed by atoms with van der Waals surface area (Å²) >= 11 is 9.30. The molecule has 7 heterocycles. The van der Waals surface area contributed by atoms with Gasteiger partial charge >= 0.3 is 19.6 Å². The van der Waals surface area contributed by atoms with Crippen molar-refractivity contribution < 1.29 is 74.8 Å². The van der Waals surface area contributed by atoms with E-state index in [0.29, 0.717) is 11.3 Å². The Balaban J connectivity index is 0.849. The minimum atomic E-state index is -4.58. The molecule has 0 radical (unpaired) electrons. The van der Waals surface area contributed by atoms with Gasteiger partial charge in [0.05, 0.1) is 31.9 Å². The van der Waals surface area contributed by atoms with Crippen LogP contribution in [0.25, 0.3) is 22.2 Å². The molecule has 0 saturated carbocycles. The molecule has 0 aliphatic carbocycles. The number of anilines is 2. The van der Waals surface area contributed by atoms with Crippen molar-refractivity contribution in [1.82, 2.24) is 44.3 Å². The lowest BCUT2D eigenvalue weighted by Crippen LogP contribution is -2.50. The van der Waals surface area contributed by atoms with Gasteiger partial charge in [-0.15, -0.1) is 0 Å². The van der Waals surface area contributed by atoms with Gasteiger partial charge in [0.1, 0.15) is 54.9 Å². The number of halogens is 2. The number of carbonyl (C=O) groups excluding carboxylic acids is 4. The molecule has 2 unspecified atom stereocenters. The van der Waals surface area contributed by atoms with Crippen molar-refractivity contribution in [2.24, 2.45) is 11.7 Å². The molecule has 406 valence electrons. The number of H-pyrrole nitrogens is 1. The number of fused-ring (bicyclic) bond motifs is 5. The number of aliphatic hydroxyl groups is 1. The van der Waals surface area contributed by atoms with Crippen LogP contribution in [-0.2, 0) is 69.7 Å². The molecule has 33 heteroatoms. The van der Waals surface area contributed by atoms with Crippen LogP contribution >= 0.6 is 25.8 Å². The van der Waals surface area contributed by atoms with Gasteiger partial charge in [0.2, 0.25) is 17.7 Å². The number of amides is 4. The lowest BCUT2D eigenvalue weighted by atomic mass is 10.0. The third kappa shape index (κ3) is 12.7. The number of imidazole rings is 1. The fraction of sp³-hybridized carbons (Fsp3) is 0.500. The molecule has 4 amide bonds. The predicted molar refractivity (Wildman–Crippen MR) is 265 cm³/mol. The molecule has 12 atom stereocenters. The van der Waals surface area contributed by atoms with E-state index < -0.39 is 129 Å². The van der Waals surface area contributed by atoms with E-state index in [9.17, 15) is 42.9 Å². The first-order valence-corrected chi connectivity index (χ1v) is 28.3. The van der Waals surface area contributed by atoms with E-state index in [-0.39, 0.29) is 54.5 Å². The first-order valence-electron chi connectivity index (χ1n) is 23.0. The Bertz CT molecular complexity index is 3100. The highest BCUT2D eigenvalue weighted by molar-refractivity contribution is 8.44. The van der Waals surface area contributed by atoms with Gasteiger partial charge in [-0.1, -0.05) is 38.2 Å². The average Bonchev–Trinajstić information content (AvgIpc) is 4.11. The Hall–Kier alpha value is -5.40. The van der Waals surface area contributed by atoms with Gasteiger partial charge in [0.25, 0.3) is 5.56 Å². The first kappa shape index (κ1) is 55.8. The quantitative estimate of drug-likeness (QED) is 0.0585. The topological polar surface area (TPSA) is 350 Å². The number of aromatic nitrogens is 7. The highest BCUT2D eigenvalue weighted by Gasteiger charge is 2.53. The zero-order valence-electron chi connectivity index (χ0n) is 40.1. The maximum absolute atomic E-state index is 16.6. The van der Waals surface area contributed by atoms with Crippen molar-refractivity contribution in [2.45, 2.75) is 101 Å². The molecule has 0 spiro atoms. The Morgan fingerprint density at radius 2 is 1.72 bits per heavy atom. The number of aromatic amines is 1. The summed E-state index contributed by atoms with van der Waals surface area (Å²) in [6.07, 6.45) is -9.85. The zero-order chi connectivity index (χ0) is 54.1. The van der Waals surface area contributed by atoms with E-state index in [4.69, 9.17) is 49.8 Å². The molecule has 2 bridgehead atoms. The van der Waals surface area contributed by atoms with E-state index in [1.807, 2.05) is 0 Å². The SMILES string of the molecule is CC(C)[C@H](N)C(=O)N[C@@H](C)C(=O)Nc1ccc(COC(=O)N(C)CCCC(=O)Nc2ncnc3c2ncn3[C@@H]2O[C@@H]3COP(O)(=S)O[C@@H]4[C@H](O)[C@@H](COP(=O)(S)O[C@H]3[C@H]2F)O[C@H]4n2cc(F)c3c(=O)[nH]cnc32)cc1. The number of aliphatic hydroxyl groups excluding tert-OH is 1. The van der Waals surface area contributed by atoms with Crippen LogP contribution in [0.3, 0.4) is 0 Å². The smallest absolute Gasteiger partial charge is 0.409 e. The Morgan fingerprint density at radius 3 is 2.45 bits per heavy atom. The normalized spacial score (nSPS) is 27.9. The van der Waals surface area contributed by atoms with Crippen molar-refractivity contribution in [3.63, 3.8) is 0 Å². The number of hydrogen-bond donors (Lipinski definition) is 8. The monoisotopic (exact) mass is 1130 g/mol. The minimum absolute atomic E-state index is 0.0173. The van der Waals surface area contributed by atoms with E-state index in [0.717, 1.165) is 34.3 Å². The number of benzene rings is 1. The van der Waals surface area contributed by atoms with Gasteiger partial charge in [0.15, 0.2) is 47.1 Å². The van der Waals surface area contributed by atoms with Crippen LogP contribution in [0.2, 0.25) is 0 Å². The van der Waals surface area contributed by atoms with E-state index >= 15 is 4.39 Å². The van der Waals surface area contributed by atoms with Gasteiger partial charge in [-0.25, -0.2) is 38.1 Å². The molecule has 3 fully saturated rings. The average molecular weight is 1130 g/mol. The minimum Gasteiger partial charge on any atom is -0.445 e. The van der Waals surface area contributed by atoms with Crippen LogP contribution < -0.4 is 27.2 Å². The maximum atomic E-state index is 16.6. The van der Waals surface area contributed by atoms with Crippen molar-refractivity contribution in [3.05, 3.63) is 71.2 Å². The van der Waals surface area contributed by atoms with E-state index in [1.54, 1.807) is 38.1 Å². The van der Waals surface area contributed by atoms with Crippen LogP contribution in [0, 0.1) is 11.7 Å². The Labute approximate surface area is 434 Å². The van der Waals surface area contributed by atoms with Gasteiger partial charge in [-0.05, 0) is 48.8 Å². The second-order valence-corrected chi connectivity index (χ2v) is 23.6. The first-order chi connectivity index (χ1) is 35.5. The number of alkyl halides is 1. The Morgan fingerprint density at radius 1 is 1.00 bits per heavy atom. The summed E-state index contributed by atoms with van der Waals surface area (Å²) in [5.74, 6) is -2.55. The van der Waals surface area contributed by atoms with Crippen molar-refractivity contribution in [3.8, 4) is 0 Å². The highest BCUT2D eigenvalue weighted by Crippen LogP contribution is 2.58. The number of ether oxygens (including phenoxy) is 3. The zero-order valence-corrected chi connectivity index (χ0v) is 43.6. The number of thiol groups is 1. The second kappa shape index (κ2) is 23.1. The molecule has 8 N–H and O–H groups in total. The standard InChI is InChI=1S/C42H52F2N12O15P2S2/c1-19(2)29(45)39(61)51-20(3)37(59)52-22-9-7-21(8-10-22)13-65-42(62)54(4)11-5-6-26(57)53-34-30-36(48-16-46-34)56(18-50-30)40-28(44)32-25(69-40)15-67-73(64,75)71-33-31(58)24(14-66-72(63,74)70-32)68-41(33)55-12-23(43)27-35(55)47-17-49-38(27)60/h7-10,12,16-20,24-25,28-29,31-33,40-41,58H,5-6,11,13-15,45H2,1-4H3,(H,51,61)(H,52,59)(H,63,74)(H,64,75)(H,47,49,60)(H,46,48,53,57)/t20-,24+,25+,28+,29-,31+,32+,33+,40+,41+,72?,73?/m0/s1. The summed E-state index contributed by atoms with van der Waals surface area (Å²) in [5, 5.41) is 18.8. The van der Waals surface area contributed by atoms with E-state index in [2.05, 4.69) is 53.1 Å². The van der Waals surface area contributed by atoms with Crippen molar-refractivity contribution >= 4 is 95.1 Å². The van der Waals surface area contributed by atoms with Crippen LogP contribution in [0.15, 0.2) is 54.2 Å². The molecule has 3 saturated heterocycles. The van der Waals surface area contributed by atoms with Crippen LogP contribution in [0.1, 0.15) is 51.6 Å².